The quantitative estimate of drug-likeness (QED) is 0.240. The number of thiophene rings is 1. The van der Waals surface area contributed by atoms with Crippen LogP contribution < -0.4 is 15.5 Å². The predicted octanol–water partition coefficient (Wildman–Crippen LogP) is 5.02. The molecular weight excluding hydrogens is 478 g/mol. The van der Waals surface area contributed by atoms with Gasteiger partial charge in [0, 0.05) is 10.4 Å². The van der Waals surface area contributed by atoms with Crippen molar-refractivity contribution < 1.29 is 23.9 Å². The van der Waals surface area contributed by atoms with E-state index in [0.717, 1.165) is 21.6 Å². The van der Waals surface area contributed by atoms with E-state index in [4.69, 9.17) is 9.47 Å². The maximum Gasteiger partial charge on any atom is 0.341 e. The summed E-state index contributed by atoms with van der Waals surface area (Å²) in [6.45, 7) is 9.29. The first-order valence-electron chi connectivity index (χ1n) is 11.4. The third kappa shape index (κ3) is 6.79. The van der Waals surface area contributed by atoms with Crippen LogP contribution in [0.3, 0.4) is 0 Å². The van der Waals surface area contributed by atoms with E-state index >= 15 is 0 Å². The van der Waals surface area contributed by atoms with E-state index in [1.165, 1.54) is 11.3 Å². The molecule has 0 bridgehead atoms. The van der Waals surface area contributed by atoms with Crippen molar-refractivity contribution in [2.75, 3.05) is 11.9 Å². The number of carbonyl (C=O) groups is 3. The number of esters is 1. The van der Waals surface area contributed by atoms with Crippen LogP contribution in [0.4, 0.5) is 5.00 Å². The molecule has 0 aliphatic carbocycles. The molecule has 9 heteroatoms. The van der Waals surface area contributed by atoms with E-state index in [1.807, 2.05) is 45.0 Å². The van der Waals surface area contributed by atoms with Crippen LogP contribution in [0, 0.1) is 20.8 Å². The van der Waals surface area contributed by atoms with E-state index in [9.17, 15) is 14.4 Å². The minimum absolute atomic E-state index is 0.248. The van der Waals surface area contributed by atoms with Gasteiger partial charge in [0.2, 0.25) is 0 Å². The molecule has 1 atom stereocenters. The van der Waals surface area contributed by atoms with Crippen LogP contribution in [-0.2, 0) is 9.53 Å². The molecule has 2 N–H and O–H groups in total. The molecule has 0 spiro atoms. The van der Waals surface area contributed by atoms with E-state index < -0.39 is 18.0 Å². The first kappa shape index (κ1) is 26.6. The number of hydrogen-bond acceptors (Lipinski definition) is 7. The van der Waals surface area contributed by atoms with Crippen LogP contribution in [0.2, 0.25) is 0 Å². The highest BCUT2D eigenvalue weighted by molar-refractivity contribution is 7.16. The minimum atomic E-state index is -0.802. The van der Waals surface area contributed by atoms with Crippen molar-refractivity contribution in [3.63, 3.8) is 0 Å². The van der Waals surface area contributed by atoms with E-state index in [-0.39, 0.29) is 12.5 Å². The topological polar surface area (TPSA) is 106 Å². The fourth-order valence-electron chi connectivity index (χ4n) is 3.20. The Hall–Kier alpha value is -3.98. The van der Waals surface area contributed by atoms with Crippen LogP contribution in [0.1, 0.15) is 56.1 Å². The van der Waals surface area contributed by atoms with Crippen molar-refractivity contribution in [3.05, 3.63) is 81.2 Å². The summed E-state index contributed by atoms with van der Waals surface area (Å²) in [5.74, 6) is -0.819. The Morgan fingerprint density at radius 2 is 1.69 bits per heavy atom. The maximum atomic E-state index is 12.8. The van der Waals surface area contributed by atoms with Crippen LogP contribution in [-0.4, -0.2) is 36.7 Å². The summed E-state index contributed by atoms with van der Waals surface area (Å²) in [5.41, 5.74) is 6.00. The maximum absolute atomic E-state index is 12.8. The van der Waals surface area contributed by atoms with Gasteiger partial charge in [-0.3, -0.25) is 9.59 Å². The summed E-state index contributed by atoms with van der Waals surface area (Å²) >= 11 is 1.33. The molecule has 36 heavy (non-hydrogen) atoms. The molecule has 0 saturated heterocycles. The Kier molecular flexibility index (Phi) is 8.97. The number of carbonyl (C=O) groups excluding carboxylic acids is 3. The second-order valence-corrected chi connectivity index (χ2v) is 9.32. The second-order valence-electron chi connectivity index (χ2n) is 8.09. The smallest absolute Gasteiger partial charge is 0.341 e. The van der Waals surface area contributed by atoms with Crippen LogP contribution in [0.25, 0.3) is 0 Å². The molecule has 0 radical (unpaired) electrons. The van der Waals surface area contributed by atoms with Gasteiger partial charge in [-0.15, -0.1) is 11.3 Å². The number of hydrogen-bond donors (Lipinski definition) is 2. The third-order valence-electron chi connectivity index (χ3n) is 5.36. The number of amides is 2. The van der Waals surface area contributed by atoms with Gasteiger partial charge in [-0.25, -0.2) is 10.2 Å². The Labute approximate surface area is 214 Å². The number of anilines is 1. The molecule has 3 aromatic rings. The van der Waals surface area contributed by atoms with Crippen LogP contribution >= 0.6 is 11.3 Å². The van der Waals surface area contributed by atoms with Gasteiger partial charge in [0.05, 0.1) is 18.4 Å². The normalized spacial score (nSPS) is 11.7. The molecule has 0 unspecified atom stereocenters. The second kappa shape index (κ2) is 12.1. The Bertz CT molecular complexity index is 1260. The van der Waals surface area contributed by atoms with Gasteiger partial charge in [0.15, 0.2) is 6.10 Å². The number of nitrogens with zero attached hydrogens (tertiary/aromatic N) is 1. The van der Waals surface area contributed by atoms with E-state index in [2.05, 4.69) is 15.8 Å². The monoisotopic (exact) mass is 507 g/mol. The first-order valence-corrected chi connectivity index (χ1v) is 12.3. The minimum Gasteiger partial charge on any atom is -0.481 e. The number of benzene rings is 2. The molecule has 8 nitrogen and oxygen atoms in total. The summed E-state index contributed by atoms with van der Waals surface area (Å²) in [6.07, 6.45) is 0.755. The summed E-state index contributed by atoms with van der Waals surface area (Å²) in [7, 11) is 0. The van der Waals surface area contributed by atoms with Crippen molar-refractivity contribution in [1.29, 1.82) is 0 Å². The van der Waals surface area contributed by atoms with Crippen molar-refractivity contribution in [2.24, 2.45) is 5.10 Å². The predicted molar refractivity (Wildman–Crippen MR) is 141 cm³/mol. The highest BCUT2D eigenvalue weighted by Gasteiger charge is 2.22. The van der Waals surface area contributed by atoms with Crippen LogP contribution in [0.5, 0.6) is 5.75 Å². The zero-order chi connectivity index (χ0) is 26.2. The number of aryl methyl sites for hydroxylation is 2. The SMILES string of the molecule is CCOC(=O)c1c(NC(=O)c2ccc(O[C@H](C)C(=O)N/N=C\c3ccc(C)cc3)cc2)sc(C)c1C. The van der Waals surface area contributed by atoms with Crippen molar-refractivity contribution >= 4 is 40.3 Å². The lowest BCUT2D eigenvalue weighted by Gasteiger charge is -2.13. The van der Waals surface area contributed by atoms with Crippen molar-refractivity contribution in [3.8, 4) is 5.75 Å². The average molecular weight is 508 g/mol. The van der Waals surface area contributed by atoms with E-state index in [1.54, 1.807) is 44.3 Å². The molecule has 0 fully saturated rings. The molecule has 188 valence electrons. The lowest BCUT2D eigenvalue weighted by Crippen LogP contribution is -2.33. The van der Waals surface area contributed by atoms with Crippen molar-refractivity contribution in [1.82, 2.24) is 5.43 Å². The third-order valence-corrected chi connectivity index (χ3v) is 6.48. The molecule has 0 aliphatic heterocycles. The molecule has 2 amide bonds. The number of rotatable bonds is 9. The first-order chi connectivity index (χ1) is 17.2. The largest absolute Gasteiger partial charge is 0.481 e. The van der Waals surface area contributed by atoms with E-state index in [0.29, 0.717) is 21.9 Å². The van der Waals surface area contributed by atoms with Gasteiger partial charge in [-0.05, 0) is 70.0 Å². The van der Waals surface area contributed by atoms with Gasteiger partial charge in [-0.2, -0.15) is 5.10 Å². The molecule has 2 aromatic carbocycles. The highest BCUT2D eigenvalue weighted by atomic mass is 32.1. The zero-order valence-electron chi connectivity index (χ0n) is 20.9. The Morgan fingerprint density at radius 1 is 1.03 bits per heavy atom. The number of ether oxygens (including phenoxy) is 2. The molecule has 3 rings (SSSR count). The standard InChI is InChI=1S/C27H29N3O5S/c1-6-34-27(33)23-17(3)19(5)36-26(23)29-25(32)21-11-13-22(14-12-21)35-18(4)24(31)30-28-15-20-9-7-16(2)8-10-20/h7-15,18H,6H2,1-5H3,(H,29,32)(H,30,31)/b28-15-/t18-/m1/s1. The molecule has 0 saturated carbocycles. The van der Waals surface area contributed by atoms with Gasteiger partial charge in [0.25, 0.3) is 11.8 Å². The average Bonchev–Trinajstić information content (AvgIpc) is 3.13. The summed E-state index contributed by atoms with van der Waals surface area (Å²) < 4.78 is 10.8. The number of hydrazone groups is 1. The Morgan fingerprint density at radius 3 is 2.33 bits per heavy atom. The zero-order valence-corrected chi connectivity index (χ0v) is 21.7. The lowest BCUT2D eigenvalue weighted by atomic mass is 10.1. The molecule has 1 heterocycles. The summed E-state index contributed by atoms with van der Waals surface area (Å²) in [6, 6.07) is 14.1. The fourth-order valence-corrected chi connectivity index (χ4v) is 4.24. The van der Waals surface area contributed by atoms with Gasteiger partial charge in [-0.1, -0.05) is 29.8 Å². The van der Waals surface area contributed by atoms with Gasteiger partial charge < -0.3 is 14.8 Å². The lowest BCUT2D eigenvalue weighted by molar-refractivity contribution is -0.127. The van der Waals surface area contributed by atoms with Crippen molar-refractivity contribution in [2.45, 2.75) is 40.7 Å². The molecular formula is C27H29N3O5S. The summed E-state index contributed by atoms with van der Waals surface area (Å²) in [4.78, 5) is 38.3. The van der Waals surface area contributed by atoms with Gasteiger partial charge in [0.1, 0.15) is 10.8 Å². The molecule has 0 aliphatic rings. The highest BCUT2D eigenvalue weighted by Crippen LogP contribution is 2.33. The number of nitrogens with one attached hydrogen (secondary N) is 2. The van der Waals surface area contributed by atoms with Crippen LogP contribution in [0.15, 0.2) is 53.6 Å². The fraction of sp³-hybridized carbons (Fsp3) is 0.259. The summed E-state index contributed by atoms with van der Waals surface area (Å²) in [5, 5.41) is 7.21. The van der Waals surface area contributed by atoms with Gasteiger partial charge >= 0.3 is 5.97 Å². The molecule has 1 aromatic heterocycles. The Balaban J connectivity index is 1.58.